The molecular weight excluding hydrogens is 372 g/mol. The maximum absolute atomic E-state index is 12.8. The average molecular weight is 396 g/mol. The summed E-state index contributed by atoms with van der Waals surface area (Å²) in [6.07, 6.45) is 5.41. The molecule has 3 aromatic rings. The normalized spacial score (nSPS) is 13.5. The third kappa shape index (κ3) is 4.33. The van der Waals surface area contributed by atoms with E-state index in [1.807, 2.05) is 49.4 Å². The molecule has 1 N–H and O–H groups in total. The third-order valence-electron chi connectivity index (χ3n) is 5.51. The first kappa shape index (κ1) is 19.7. The summed E-state index contributed by atoms with van der Waals surface area (Å²) in [5.74, 6) is 0.795. The average Bonchev–Trinajstić information content (AvgIpc) is 2.80. The van der Waals surface area contributed by atoms with Gasteiger partial charge in [-0.05, 0) is 79.3 Å². The van der Waals surface area contributed by atoms with E-state index in [1.54, 1.807) is 18.3 Å². The van der Waals surface area contributed by atoms with Crippen molar-refractivity contribution in [2.45, 2.75) is 26.2 Å². The Hall–Kier alpha value is -3.65. The molecule has 0 aliphatic carbocycles. The minimum atomic E-state index is -0.169. The van der Waals surface area contributed by atoms with Crippen molar-refractivity contribution in [3.8, 4) is 17.2 Å². The fourth-order valence-electron chi connectivity index (χ4n) is 3.77. The van der Waals surface area contributed by atoms with Gasteiger partial charge in [-0.3, -0.25) is 4.79 Å². The van der Waals surface area contributed by atoms with Crippen molar-refractivity contribution in [3.05, 3.63) is 77.5 Å². The molecule has 0 unspecified atom stereocenters. The molecule has 1 aliphatic rings. The van der Waals surface area contributed by atoms with Gasteiger partial charge in [-0.2, -0.15) is 5.26 Å². The summed E-state index contributed by atoms with van der Waals surface area (Å²) in [5, 5.41) is 11.9. The molecule has 150 valence electrons. The van der Waals surface area contributed by atoms with E-state index in [1.165, 1.54) is 19.3 Å². The van der Waals surface area contributed by atoms with Crippen molar-refractivity contribution in [1.29, 1.82) is 5.26 Å². The number of carbonyl (C=O) groups is 1. The molecule has 2 aromatic carbocycles. The van der Waals surface area contributed by atoms with E-state index in [0.29, 0.717) is 16.8 Å². The Morgan fingerprint density at radius 1 is 1.03 bits per heavy atom. The molecule has 5 nitrogen and oxygen atoms in total. The predicted molar refractivity (Wildman–Crippen MR) is 120 cm³/mol. The number of anilines is 2. The number of piperidine rings is 1. The largest absolute Gasteiger partial charge is 0.357 e. The van der Waals surface area contributed by atoms with Crippen LogP contribution in [-0.4, -0.2) is 24.0 Å². The number of pyridine rings is 1. The van der Waals surface area contributed by atoms with E-state index >= 15 is 0 Å². The Bertz CT molecular complexity index is 1080. The summed E-state index contributed by atoms with van der Waals surface area (Å²) >= 11 is 0. The Morgan fingerprint density at radius 3 is 2.47 bits per heavy atom. The Balaban J connectivity index is 1.50. The summed E-state index contributed by atoms with van der Waals surface area (Å²) in [6, 6.07) is 19.1. The van der Waals surface area contributed by atoms with E-state index < -0.39 is 0 Å². The van der Waals surface area contributed by atoms with Gasteiger partial charge < -0.3 is 10.2 Å². The Morgan fingerprint density at radius 2 is 1.80 bits per heavy atom. The lowest BCUT2D eigenvalue weighted by Crippen LogP contribution is -2.30. The predicted octanol–water partition coefficient (Wildman–Crippen LogP) is 5.17. The zero-order valence-corrected chi connectivity index (χ0v) is 17.1. The summed E-state index contributed by atoms with van der Waals surface area (Å²) in [7, 11) is 0. The molecule has 1 aliphatic heterocycles. The maximum Gasteiger partial charge on any atom is 0.255 e. The maximum atomic E-state index is 12.8. The van der Waals surface area contributed by atoms with Gasteiger partial charge in [-0.1, -0.05) is 18.2 Å². The molecule has 0 saturated carbocycles. The van der Waals surface area contributed by atoms with E-state index in [-0.39, 0.29) is 5.91 Å². The first-order valence-corrected chi connectivity index (χ1v) is 10.3. The highest BCUT2D eigenvalue weighted by molar-refractivity contribution is 6.05. The highest BCUT2D eigenvalue weighted by atomic mass is 16.1. The fraction of sp³-hybridized carbons (Fsp3) is 0.240. The quantitative estimate of drug-likeness (QED) is 0.660. The van der Waals surface area contributed by atoms with Crippen LogP contribution in [0.15, 0.2) is 60.8 Å². The van der Waals surface area contributed by atoms with E-state index in [2.05, 4.69) is 21.3 Å². The van der Waals surface area contributed by atoms with Crippen LogP contribution in [0.1, 0.15) is 40.7 Å². The number of nitrogens with one attached hydrogen (secondary N) is 1. The lowest BCUT2D eigenvalue weighted by atomic mass is 9.97. The summed E-state index contributed by atoms with van der Waals surface area (Å²) < 4.78 is 0. The number of aryl methyl sites for hydroxylation is 1. The number of hydrogen-bond donors (Lipinski definition) is 1. The second-order valence-electron chi connectivity index (χ2n) is 7.63. The van der Waals surface area contributed by atoms with Gasteiger partial charge >= 0.3 is 0 Å². The molecule has 0 spiro atoms. The summed E-state index contributed by atoms with van der Waals surface area (Å²) in [6.45, 7) is 4.10. The molecule has 30 heavy (non-hydrogen) atoms. The highest BCUT2D eigenvalue weighted by Gasteiger charge is 2.13. The van der Waals surface area contributed by atoms with Crippen LogP contribution in [0, 0.1) is 18.3 Å². The van der Waals surface area contributed by atoms with Gasteiger partial charge in [-0.25, -0.2) is 4.98 Å². The molecule has 1 saturated heterocycles. The Kier molecular flexibility index (Phi) is 5.76. The van der Waals surface area contributed by atoms with Gasteiger partial charge in [0, 0.05) is 18.7 Å². The van der Waals surface area contributed by atoms with Crippen LogP contribution in [0.25, 0.3) is 11.1 Å². The zero-order chi connectivity index (χ0) is 20.9. The minimum Gasteiger partial charge on any atom is -0.357 e. The first-order chi connectivity index (χ1) is 14.6. The van der Waals surface area contributed by atoms with Crippen LogP contribution >= 0.6 is 0 Å². The number of nitriles is 1. The number of benzene rings is 2. The van der Waals surface area contributed by atoms with Crippen LogP contribution in [0.4, 0.5) is 11.5 Å². The number of carbonyl (C=O) groups excluding carboxylic acids is 1. The van der Waals surface area contributed by atoms with Crippen molar-refractivity contribution in [2.75, 3.05) is 23.3 Å². The zero-order valence-electron chi connectivity index (χ0n) is 17.1. The number of amides is 1. The fourth-order valence-corrected chi connectivity index (χ4v) is 3.77. The van der Waals surface area contributed by atoms with Crippen molar-refractivity contribution >= 4 is 17.4 Å². The molecule has 1 fully saturated rings. The lowest BCUT2D eigenvalue weighted by molar-refractivity contribution is 0.102. The van der Waals surface area contributed by atoms with Gasteiger partial charge in [0.1, 0.15) is 5.82 Å². The molecule has 4 rings (SSSR count). The van der Waals surface area contributed by atoms with Gasteiger partial charge in [0.25, 0.3) is 5.91 Å². The van der Waals surface area contributed by atoms with Gasteiger partial charge in [0.05, 0.1) is 23.5 Å². The molecule has 0 radical (unpaired) electrons. The number of rotatable bonds is 4. The van der Waals surface area contributed by atoms with E-state index in [0.717, 1.165) is 35.6 Å². The van der Waals surface area contributed by atoms with Crippen LogP contribution in [0.3, 0.4) is 0 Å². The van der Waals surface area contributed by atoms with Crippen molar-refractivity contribution in [1.82, 2.24) is 4.98 Å². The van der Waals surface area contributed by atoms with Crippen LogP contribution in [0.5, 0.6) is 0 Å². The van der Waals surface area contributed by atoms with E-state index in [9.17, 15) is 4.79 Å². The van der Waals surface area contributed by atoms with Crippen molar-refractivity contribution in [2.24, 2.45) is 0 Å². The van der Waals surface area contributed by atoms with Gasteiger partial charge in [-0.15, -0.1) is 0 Å². The first-order valence-electron chi connectivity index (χ1n) is 10.3. The SMILES string of the molecule is Cc1ccc(C(=O)Nc2ccc(N3CCCCC3)nc2)cc1-c1ccc(C#N)cc1. The molecule has 2 heterocycles. The number of nitrogens with zero attached hydrogens (tertiary/aromatic N) is 3. The van der Waals surface area contributed by atoms with Crippen molar-refractivity contribution in [3.63, 3.8) is 0 Å². The molecule has 1 amide bonds. The molecule has 0 bridgehead atoms. The molecular formula is C25H24N4O. The smallest absolute Gasteiger partial charge is 0.255 e. The molecule has 0 atom stereocenters. The summed E-state index contributed by atoms with van der Waals surface area (Å²) in [4.78, 5) is 19.6. The number of hydrogen-bond acceptors (Lipinski definition) is 4. The van der Waals surface area contributed by atoms with Crippen LogP contribution < -0.4 is 10.2 Å². The second kappa shape index (κ2) is 8.79. The van der Waals surface area contributed by atoms with Crippen molar-refractivity contribution < 1.29 is 4.79 Å². The topological polar surface area (TPSA) is 69.0 Å². The van der Waals surface area contributed by atoms with Crippen LogP contribution in [-0.2, 0) is 0 Å². The monoisotopic (exact) mass is 396 g/mol. The van der Waals surface area contributed by atoms with Gasteiger partial charge in [0.15, 0.2) is 0 Å². The van der Waals surface area contributed by atoms with Crippen LogP contribution in [0.2, 0.25) is 0 Å². The third-order valence-corrected chi connectivity index (χ3v) is 5.51. The second-order valence-corrected chi connectivity index (χ2v) is 7.63. The van der Waals surface area contributed by atoms with E-state index in [4.69, 9.17) is 5.26 Å². The standard InChI is InChI=1S/C25H24N4O/c1-18-5-8-21(15-23(18)20-9-6-19(16-26)7-10-20)25(30)28-22-11-12-24(27-17-22)29-13-3-2-4-14-29/h5-12,15,17H,2-4,13-14H2,1H3,(H,28,30). The summed E-state index contributed by atoms with van der Waals surface area (Å²) in [5.41, 5.74) is 4.91. The minimum absolute atomic E-state index is 0.169. The Labute approximate surface area is 177 Å². The lowest BCUT2D eigenvalue weighted by Gasteiger charge is -2.27. The highest BCUT2D eigenvalue weighted by Crippen LogP contribution is 2.26. The van der Waals surface area contributed by atoms with Gasteiger partial charge in [0.2, 0.25) is 0 Å². The number of aromatic nitrogens is 1. The molecule has 1 aromatic heterocycles. The molecule has 5 heteroatoms.